The second-order valence-electron chi connectivity index (χ2n) is 11.9. The van der Waals surface area contributed by atoms with Crippen molar-refractivity contribution in [2.45, 2.75) is 147 Å². The first kappa shape index (κ1) is 42.4. The second kappa shape index (κ2) is 28.9. The van der Waals surface area contributed by atoms with Crippen LogP contribution in [0, 0.1) is 0 Å². The smallest absolute Gasteiger partial charge is 0.243 e. The molecule has 13 N–H and O–H groups in total. The third-order valence-corrected chi connectivity index (χ3v) is 7.61. The highest BCUT2D eigenvalue weighted by atomic mass is 16.2. The molecule has 14 heteroatoms. The third kappa shape index (κ3) is 26.8. The summed E-state index contributed by atoms with van der Waals surface area (Å²) in [6.07, 6.45) is 18.6. The number of carbonyl (C=O) groups is 4. The van der Waals surface area contributed by atoms with Crippen LogP contribution in [0.15, 0.2) is 9.98 Å². The molecule has 0 aliphatic rings. The van der Waals surface area contributed by atoms with E-state index in [9.17, 15) is 19.2 Å². The van der Waals surface area contributed by atoms with Crippen LogP contribution in [0.3, 0.4) is 0 Å². The van der Waals surface area contributed by atoms with E-state index in [2.05, 4.69) is 32.9 Å². The van der Waals surface area contributed by atoms with Crippen molar-refractivity contribution >= 4 is 35.5 Å². The Kier molecular flexibility index (Phi) is 26.6. The van der Waals surface area contributed by atoms with E-state index in [0.717, 1.165) is 19.3 Å². The highest BCUT2D eigenvalue weighted by Crippen LogP contribution is 2.13. The van der Waals surface area contributed by atoms with E-state index >= 15 is 0 Å². The first-order chi connectivity index (χ1) is 22.1. The Morgan fingerprint density at radius 3 is 1.48 bits per heavy atom. The van der Waals surface area contributed by atoms with Crippen LogP contribution in [0.5, 0.6) is 0 Å². The zero-order valence-corrected chi connectivity index (χ0v) is 28.3. The topological polar surface area (TPSA) is 259 Å². The van der Waals surface area contributed by atoms with E-state index in [4.69, 9.17) is 28.7 Å². The molecule has 0 saturated heterocycles. The molecule has 0 heterocycles. The van der Waals surface area contributed by atoms with E-state index in [-0.39, 0.29) is 56.1 Å². The third-order valence-electron chi connectivity index (χ3n) is 7.61. The molecule has 0 aliphatic carbocycles. The molecule has 0 saturated carbocycles. The normalized spacial score (nSPS) is 12.0. The minimum absolute atomic E-state index is 0.0159. The lowest BCUT2D eigenvalue weighted by atomic mass is 10.0. The maximum atomic E-state index is 13.0. The summed E-state index contributed by atoms with van der Waals surface area (Å²) in [4.78, 5) is 57.5. The Morgan fingerprint density at radius 1 is 0.543 bits per heavy atom. The summed E-state index contributed by atoms with van der Waals surface area (Å²) in [5.41, 5.74) is 26.8. The number of rotatable bonds is 30. The quantitative estimate of drug-likeness (QED) is 0.0322. The molecule has 0 aromatic heterocycles. The molecule has 46 heavy (non-hydrogen) atoms. The van der Waals surface area contributed by atoms with Gasteiger partial charge in [-0.05, 0) is 38.5 Å². The molecule has 0 radical (unpaired) electrons. The molecular weight excluding hydrogens is 588 g/mol. The zero-order valence-electron chi connectivity index (χ0n) is 28.3. The van der Waals surface area contributed by atoms with Gasteiger partial charge in [0.05, 0.1) is 0 Å². The summed E-state index contributed by atoms with van der Waals surface area (Å²) < 4.78 is 0. The average Bonchev–Trinajstić information content (AvgIpc) is 3.00. The number of guanidine groups is 2. The Morgan fingerprint density at radius 2 is 1.00 bits per heavy atom. The van der Waals surface area contributed by atoms with Gasteiger partial charge >= 0.3 is 0 Å². The Labute approximate surface area is 276 Å². The number of carbonyl (C=O) groups excluding carboxylic acids is 4. The molecule has 0 aromatic rings. The predicted octanol–water partition coefficient (Wildman–Crippen LogP) is 1.93. The van der Waals surface area contributed by atoms with E-state index in [1.807, 2.05) is 0 Å². The van der Waals surface area contributed by atoms with Gasteiger partial charge in [0, 0.05) is 32.5 Å². The summed E-state index contributed by atoms with van der Waals surface area (Å²) in [6.45, 7) is 3.16. The van der Waals surface area contributed by atoms with Gasteiger partial charge in [0.2, 0.25) is 23.6 Å². The average molecular weight is 653 g/mol. The van der Waals surface area contributed by atoms with Crippen LogP contribution < -0.4 is 44.6 Å². The van der Waals surface area contributed by atoms with Gasteiger partial charge in [-0.15, -0.1) is 0 Å². The summed E-state index contributed by atoms with van der Waals surface area (Å²) >= 11 is 0. The van der Waals surface area contributed by atoms with Gasteiger partial charge in [-0.1, -0.05) is 84.0 Å². The number of nitrogens with two attached hydrogens (primary N) is 5. The molecule has 2 atom stereocenters. The van der Waals surface area contributed by atoms with Gasteiger partial charge < -0.3 is 44.6 Å². The lowest BCUT2D eigenvalue weighted by molar-refractivity contribution is -0.131. The molecule has 0 aliphatic heterocycles. The molecule has 0 unspecified atom stereocenters. The largest absolute Gasteiger partial charge is 0.370 e. The van der Waals surface area contributed by atoms with E-state index in [1.165, 1.54) is 64.2 Å². The maximum Gasteiger partial charge on any atom is 0.243 e. The fourth-order valence-electron chi connectivity index (χ4n) is 4.97. The van der Waals surface area contributed by atoms with Gasteiger partial charge in [-0.25, -0.2) is 0 Å². The molecule has 0 fully saturated rings. The summed E-state index contributed by atoms with van der Waals surface area (Å²) in [5, 5.41) is 8.20. The van der Waals surface area contributed by atoms with Gasteiger partial charge in [-0.2, -0.15) is 0 Å². The predicted molar refractivity (Wildman–Crippen MR) is 185 cm³/mol. The molecular formula is C32H64N10O4. The van der Waals surface area contributed by atoms with Crippen LogP contribution >= 0.6 is 0 Å². The highest BCUT2D eigenvalue weighted by molar-refractivity contribution is 5.91. The van der Waals surface area contributed by atoms with Crippen molar-refractivity contribution in [1.29, 1.82) is 0 Å². The number of nitrogens with one attached hydrogen (secondary N) is 3. The van der Waals surface area contributed by atoms with Crippen molar-refractivity contribution in [2.75, 3.05) is 19.6 Å². The second-order valence-corrected chi connectivity index (χ2v) is 11.9. The lowest BCUT2D eigenvalue weighted by Crippen LogP contribution is -2.53. The van der Waals surface area contributed by atoms with Crippen LogP contribution in [0.2, 0.25) is 0 Å². The number of aliphatic imine (C=N–C) groups is 2. The first-order valence-corrected chi connectivity index (χ1v) is 17.3. The van der Waals surface area contributed by atoms with Crippen molar-refractivity contribution in [3.05, 3.63) is 0 Å². The number of primary amides is 1. The van der Waals surface area contributed by atoms with E-state index in [1.54, 1.807) is 0 Å². The number of hydrogen-bond donors (Lipinski definition) is 8. The molecule has 0 bridgehead atoms. The highest BCUT2D eigenvalue weighted by Gasteiger charge is 2.25. The molecule has 0 rings (SSSR count). The van der Waals surface area contributed by atoms with Gasteiger partial charge in [0.15, 0.2) is 11.9 Å². The van der Waals surface area contributed by atoms with E-state index in [0.29, 0.717) is 32.2 Å². The number of unbranched alkanes of at least 4 members (excludes halogenated alkanes) is 12. The molecule has 0 spiro atoms. The minimum Gasteiger partial charge on any atom is -0.370 e. The number of amides is 4. The summed E-state index contributed by atoms with van der Waals surface area (Å²) in [6, 6.07) is -1.88. The van der Waals surface area contributed by atoms with Crippen molar-refractivity contribution in [1.82, 2.24) is 16.0 Å². The van der Waals surface area contributed by atoms with Crippen molar-refractivity contribution in [3.8, 4) is 0 Å². The van der Waals surface area contributed by atoms with Gasteiger partial charge in [0.1, 0.15) is 12.1 Å². The Hall–Kier alpha value is -3.58. The zero-order chi connectivity index (χ0) is 34.4. The minimum atomic E-state index is -0.955. The molecule has 0 aromatic carbocycles. The summed E-state index contributed by atoms with van der Waals surface area (Å²) in [5.74, 6) is -1.77. The SMILES string of the molecule is CCCCCCCCCCCCCCCC(=O)NCCCC(=O)N[C@@H](CCCN=C(N)N)C(=O)N[C@@H](CCCN=C(N)N)C(N)=O. The van der Waals surface area contributed by atoms with Gasteiger partial charge in [-0.3, -0.25) is 29.2 Å². The maximum absolute atomic E-state index is 13.0. The molecule has 14 nitrogen and oxygen atoms in total. The molecule has 4 amide bonds. The van der Waals surface area contributed by atoms with Crippen LogP contribution in [-0.2, 0) is 19.2 Å². The molecule has 266 valence electrons. The lowest BCUT2D eigenvalue weighted by Gasteiger charge is -2.22. The Balaban J connectivity index is 4.36. The van der Waals surface area contributed by atoms with Crippen LogP contribution in [0.4, 0.5) is 0 Å². The van der Waals surface area contributed by atoms with Crippen LogP contribution in [0.25, 0.3) is 0 Å². The number of nitrogens with zero attached hydrogens (tertiary/aromatic N) is 2. The fourth-order valence-corrected chi connectivity index (χ4v) is 4.97. The standard InChI is InChI=1S/C32H64N10O4/c1-2-3-4-5-6-7-8-9-10-11-12-13-14-20-27(43)38-22-17-21-28(44)41-26(19-16-24-40-32(36)37)30(46)42-25(29(33)45)18-15-23-39-31(34)35/h25-26H,2-24H2,1H3,(H2,33,45)(H,38,43)(H,41,44)(H,42,46)(H4,34,35,39)(H4,36,37,40)/t25-,26-/m0/s1. The Bertz CT molecular complexity index is 905. The van der Waals surface area contributed by atoms with Gasteiger partial charge in [0.25, 0.3) is 0 Å². The first-order valence-electron chi connectivity index (χ1n) is 17.3. The van der Waals surface area contributed by atoms with Crippen LogP contribution in [0.1, 0.15) is 135 Å². The van der Waals surface area contributed by atoms with Crippen molar-refractivity contribution in [2.24, 2.45) is 38.7 Å². The van der Waals surface area contributed by atoms with Crippen molar-refractivity contribution < 1.29 is 19.2 Å². The van der Waals surface area contributed by atoms with Crippen LogP contribution in [-0.4, -0.2) is 67.3 Å². The summed E-state index contributed by atoms with van der Waals surface area (Å²) in [7, 11) is 0. The van der Waals surface area contributed by atoms with E-state index < -0.39 is 23.9 Å². The number of hydrogen-bond acceptors (Lipinski definition) is 6. The monoisotopic (exact) mass is 653 g/mol. The fraction of sp³-hybridized carbons (Fsp3) is 0.812. The van der Waals surface area contributed by atoms with Crippen molar-refractivity contribution in [3.63, 3.8) is 0 Å².